The third kappa shape index (κ3) is 2.76. The van der Waals surface area contributed by atoms with Crippen LogP contribution in [0.5, 0.6) is 0 Å². The number of nitrogens with one attached hydrogen (secondary N) is 1. The molecule has 1 amide bonds. The molecule has 1 aromatic heterocycles. The van der Waals surface area contributed by atoms with Crippen LogP contribution in [0.2, 0.25) is 0 Å². The second-order valence-electron chi connectivity index (χ2n) is 5.88. The molecular formula is C19H16BrN3O. The van der Waals surface area contributed by atoms with Crippen molar-refractivity contribution in [3.05, 3.63) is 87.9 Å². The molecule has 120 valence electrons. The monoisotopic (exact) mass is 381 g/mol. The molecule has 4 nitrogen and oxygen atoms in total. The molecule has 0 bridgehead atoms. The quantitative estimate of drug-likeness (QED) is 0.754. The van der Waals surface area contributed by atoms with Gasteiger partial charge in [0.05, 0.1) is 24.3 Å². The lowest BCUT2D eigenvalue weighted by molar-refractivity contribution is -0.124. The zero-order valence-corrected chi connectivity index (χ0v) is 14.5. The topological polar surface area (TPSA) is 46.9 Å². The Kier molecular flexibility index (Phi) is 3.94. The molecule has 5 heteroatoms. The number of imidazole rings is 1. The van der Waals surface area contributed by atoms with E-state index < -0.39 is 0 Å². The summed E-state index contributed by atoms with van der Waals surface area (Å²) in [5, 5.41) is 3.00. The lowest BCUT2D eigenvalue weighted by Gasteiger charge is -2.26. The summed E-state index contributed by atoms with van der Waals surface area (Å²) in [6.45, 7) is 0.519. The molecule has 3 aromatic rings. The molecule has 0 aliphatic carbocycles. The van der Waals surface area contributed by atoms with E-state index in [1.807, 2.05) is 47.0 Å². The predicted octanol–water partition coefficient (Wildman–Crippen LogP) is 3.46. The van der Waals surface area contributed by atoms with Gasteiger partial charge in [-0.3, -0.25) is 4.79 Å². The van der Waals surface area contributed by atoms with E-state index in [1.165, 1.54) is 5.56 Å². The lowest BCUT2D eigenvalue weighted by atomic mass is 10.0. The van der Waals surface area contributed by atoms with Crippen molar-refractivity contribution in [2.75, 3.05) is 0 Å². The highest BCUT2D eigenvalue weighted by molar-refractivity contribution is 9.10. The van der Waals surface area contributed by atoms with Crippen LogP contribution in [0, 0.1) is 0 Å². The maximum absolute atomic E-state index is 12.5. The Labute approximate surface area is 148 Å². The number of halogens is 1. The van der Waals surface area contributed by atoms with Gasteiger partial charge in [-0.1, -0.05) is 58.4 Å². The number of hydrogen-bond acceptors (Lipinski definition) is 2. The van der Waals surface area contributed by atoms with Crippen molar-refractivity contribution >= 4 is 21.8 Å². The van der Waals surface area contributed by atoms with Crippen LogP contribution in [-0.4, -0.2) is 15.5 Å². The first kappa shape index (κ1) is 15.1. The van der Waals surface area contributed by atoms with Crippen LogP contribution in [0.1, 0.15) is 28.6 Å². The summed E-state index contributed by atoms with van der Waals surface area (Å²) in [4.78, 5) is 17.0. The third-order valence-electron chi connectivity index (χ3n) is 4.32. The summed E-state index contributed by atoms with van der Waals surface area (Å²) in [6.07, 6.45) is 2.56. The van der Waals surface area contributed by atoms with E-state index in [4.69, 9.17) is 0 Å². The van der Waals surface area contributed by atoms with Crippen molar-refractivity contribution in [2.24, 2.45) is 0 Å². The second-order valence-corrected chi connectivity index (χ2v) is 6.80. The molecule has 2 heterocycles. The first-order valence-electron chi connectivity index (χ1n) is 7.84. The minimum atomic E-state index is -0.372. The van der Waals surface area contributed by atoms with Crippen molar-refractivity contribution in [2.45, 2.75) is 19.0 Å². The summed E-state index contributed by atoms with van der Waals surface area (Å²) in [6, 6.07) is 17.8. The fourth-order valence-electron chi connectivity index (χ4n) is 3.16. The summed E-state index contributed by atoms with van der Waals surface area (Å²) >= 11 is 3.48. The van der Waals surface area contributed by atoms with Crippen LogP contribution in [0.4, 0.5) is 0 Å². The van der Waals surface area contributed by atoms with Gasteiger partial charge in [0.15, 0.2) is 0 Å². The number of carbonyl (C=O) groups excluding carboxylic acids is 1. The van der Waals surface area contributed by atoms with Crippen molar-refractivity contribution < 1.29 is 4.79 Å². The molecule has 1 unspecified atom stereocenters. The Hall–Kier alpha value is -2.40. The zero-order valence-electron chi connectivity index (χ0n) is 12.9. The number of amides is 1. The summed E-state index contributed by atoms with van der Waals surface area (Å²) < 4.78 is 2.96. The largest absolute Gasteiger partial charge is 0.348 e. The van der Waals surface area contributed by atoms with E-state index >= 15 is 0 Å². The molecule has 1 atom stereocenters. The molecule has 2 aromatic carbocycles. The van der Waals surface area contributed by atoms with Gasteiger partial charge in [0.25, 0.3) is 0 Å². The second kappa shape index (κ2) is 6.24. The van der Waals surface area contributed by atoms with Gasteiger partial charge < -0.3 is 9.88 Å². The number of benzene rings is 2. The van der Waals surface area contributed by atoms with Crippen LogP contribution >= 0.6 is 15.9 Å². The SMILES string of the molecule is O=C1NCc2c(Cc3ccccc3)ncn2C1c1cccc(Br)c1. The number of aromatic nitrogens is 2. The number of nitrogens with zero attached hydrogens (tertiary/aromatic N) is 2. The standard InChI is InChI=1S/C19H16BrN3O/c20-15-8-4-7-14(10-15)18-19(24)21-11-17-16(22-12-23(17)18)9-13-5-2-1-3-6-13/h1-8,10,12,18H,9,11H2,(H,21,24). The highest BCUT2D eigenvalue weighted by Gasteiger charge is 2.30. The molecule has 1 N–H and O–H groups in total. The molecule has 4 rings (SSSR count). The van der Waals surface area contributed by atoms with Gasteiger partial charge in [-0.15, -0.1) is 0 Å². The first-order valence-corrected chi connectivity index (χ1v) is 8.63. The van der Waals surface area contributed by atoms with Crippen LogP contribution in [0.15, 0.2) is 65.4 Å². The smallest absolute Gasteiger partial charge is 0.248 e. The van der Waals surface area contributed by atoms with Gasteiger partial charge in [0.1, 0.15) is 6.04 Å². The maximum atomic E-state index is 12.5. The van der Waals surface area contributed by atoms with Crippen molar-refractivity contribution in [3.63, 3.8) is 0 Å². The van der Waals surface area contributed by atoms with Gasteiger partial charge in [0.2, 0.25) is 5.91 Å². The summed E-state index contributed by atoms with van der Waals surface area (Å²) in [5.74, 6) is 0.00395. The number of fused-ring (bicyclic) bond motifs is 1. The fourth-order valence-corrected chi connectivity index (χ4v) is 3.58. The Morgan fingerprint density at radius 1 is 1.17 bits per heavy atom. The Balaban J connectivity index is 1.72. The van der Waals surface area contributed by atoms with Crippen LogP contribution < -0.4 is 5.32 Å². The van der Waals surface area contributed by atoms with Crippen LogP contribution in [0.25, 0.3) is 0 Å². The minimum Gasteiger partial charge on any atom is -0.348 e. The molecule has 0 spiro atoms. The maximum Gasteiger partial charge on any atom is 0.248 e. The van der Waals surface area contributed by atoms with Gasteiger partial charge in [-0.25, -0.2) is 4.98 Å². The van der Waals surface area contributed by atoms with Gasteiger partial charge in [-0.05, 0) is 23.3 Å². The average Bonchev–Trinajstić information content (AvgIpc) is 2.98. The molecule has 0 fully saturated rings. The highest BCUT2D eigenvalue weighted by atomic mass is 79.9. The van der Waals surface area contributed by atoms with Gasteiger partial charge >= 0.3 is 0 Å². The lowest BCUT2D eigenvalue weighted by Crippen LogP contribution is -2.39. The van der Waals surface area contributed by atoms with Gasteiger partial charge in [-0.2, -0.15) is 0 Å². The highest BCUT2D eigenvalue weighted by Crippen LogP contribution is 2.28. The van der Waals surface area contributed by atoms with Crippen molar-refractivity contribution in [3.8, 4) is 0 Å². The molecular weight excluding hydrogens is 366 g/mol. The van der Waals surface area contributed by atoms with Crippen molar-refractivity contribution in [1.29, 1.82) is 0 Å². The third-order valence-corrected chi connectivity index (χ3v) is 4.81. The molecule has 0 radical (unpaired) electrons. The Morgan fingerprint density at radius 2 is 2.00 bits per heavy atom. The normalized spacial score (nSPS) is 16.5. The molecule has 1 aliphatic rings. The Morgan fingerprint density at radius 3 is 2.79 bits per heavy atom. The average molecular weight is 382 g/mol. The van der Waals surface area contributed by atoms with Crippen molar-refractivity contribution in [1.82, 2.24) is 14.9 Å². The van der Waals surface area contributed by atoms with E-state index in [2.05, 4.69) is 38.4 Å². The van der Waals surface area contributed by atoms with E-state index in [1.54, 1.807) is 6.33 Å². The van der Waals surface area contributed by atoms with Crippen LogP contribution in [-0.2, 0) is 17.8 Å². The van der Waals surface area contributed by atoms with Gasteiger partial charge in [0, 0.05) is 10.9 Å². The number of rotatable bonds is 3. The zero-order chi connectivity index (χ0) is 16.5. The summed E-state index contributed by atoms with van der Waals surface area (Å²) in [7, 11) is 0. The molecule has 0 saturated carbocycles. The molecule has 24 heavy (non-hydrogen) atoms. The first-order chi connectivity index (χ1) is 11.7. The Bertz CT molecular complexity index is 889. The van der Waals surface area contributed by atoms with E-state index in [0.29, 0.717) is 6.54 Å². The fraction of sp³-hybridized carbons (Fsp3) is 0.158. The van der Waals surface area contributed by atoms with E-state index in [9.17, 15) is 4.79 Å². The van der Waals surface area contributed by atoms with E-state index in [0.717, 1.165) is 27.8 Å². The minimum absolute atomic E-state index is 0.00395. The number of carbonyl (C=O) groups is 1. The van der Waals surface area contributed by atoms with E-state index in [-0.39, 0.29) is 11.9 Å². The molecule has 0 saturated heterocycles. The predicted molar refractivity (Wildman–Crippen MR) is 95.6 cm³/mol. The number of hydrogen-bond donors (Lipinski definition) is 1. The molecule has 1 aliphatic heterocycles. The van der Waals surface area contributed by atoms with Crippen LogP contribution in [0.3, 0.4) is 0 Å². The summed E-state index contributed by atoms with van der Waals surface area (Å²) in [5.41, 5.74) is 4.26.